The van der Waals surface area contributed by atoms with E-state index in [4.69, 9.17) is 0 Å². The van der Waals surface area contributed by atoms with Gasteiger partial charge in [0.05, 0.1) is 6.20 Å². The summed E-state index contributed by atoms with van der Waals surface area (Å²) in [6.45, 7) is 2.77. The van der Waals surface area contributed by atoms with Crippen LogP contribution in [0.25, 0.3) is 11.3 Å². The minimum absolute atomic E-state index is 0.192. The molecule has 0 aromatic carbocycles. The number of rotatable bonds is 2. The third kappa shape index (κ3) is 1.44. The first kappa shape index (κ1) is 8.68. The van der Waals surface area contributed by atoms with E-state index in [0.717, 1.165) is 12.1 Å². The van der Waals surface area contributed by atoms with Crippen molar-refractivity contribution in [3.05, 3.63) is 35.1 Å². The number of aromatic amines is 1. The average molecular weight is 190 g/mol. The highest BCUT2D eigenvalue weighted by molar-refractivity contribution is 5.54. The van der Waals surface area contributed by atoms with Gasteiger partial charge in [-0.2, -0.15) is 5.10 Å². The molecule has 1 N–H and O–H groups in total. The topological polar surface area (TPSA) is 63.6 Å². The molecule has 72 valence electrons. The van der Waals surface area contributed by atoms with Crippen LogP contribution in [0.3, 0.4) is 0 Å². The first-order valence-corrected chi connectivity index (χ1v) is 4.38. The van der Waals surface area contributed by atoms with Crippen molar-refractivity contribution in [1.29, 1.82) is 0 Å². The first-order valence-electron chi connectivity index (χ1n) is 4.38. The highest BCUT2D eigenvalue weighted by atomic mass is 16.1. The van der Waals surface area contributed by atoms with E-state index in [-0.39, 0.29) is 5.56 Å². The van der Waals surface area contributed by atoms with Crippen molar-refractivity contribution in [2.24, 2.45) is 0 Å². The molecule has 0 saturated heterocycles. The van der Waals surface area contributed by atoms with E-state index in [0.29, 0.717) is 5.69 Å². The number of nitrogens with zero attached hydrogens (tertiary/aromatic N) is 3. The third-order valence-electron chi connectivity index (χ3n) is 1.94. The van der Waals surface area contributed by atoms with Crippen molar-refractivity contribution in [2.45, 2.75) is 13.5 Å². The molecular formula is C9H10N4O. The molecule has 5 nitrogen and oxygen atoms in total. The van der Waals surface area contributed by atoms with Crippen molar-refractivity contribution in [3.63, 3.8) is 0 Å². The van der Waals surface area contributed by atoms with Gasteiger partial charge in [-0.15, -0.1) is 0 Å². The van der Waals surface area contributed by atoms with Gasteiger partial charge < -0.3 is 4.98 Å². The molecule has 0 amide bonds. The molecule has 0 bridgehead atoms. The normalized spacial score (nSPS) is 10.4. The smallest absolute Gasteiger partial charge is 0.274 e. The van der Waals surface area contributed by atoms with Gasteiger partial charge in [0.25, 0.3) is 5.56 Å². The molecule has 2 aromatic heterocycles. The summed E-state index contributed by atoms with van der Waals surface area (Å²) in [7, 11) is 0. The molecule has 5 heteroatoms. The molecule has 2 heterocycles. The first-order chi connectivity index (χ1) is 6.81. The lowest BCUT2D eigenvalue weighted by molar-refractivity contribution is 0.660. The molecule has 0 saturated carbocycles. The molecule has 0 unspecified atom stereocenters. The molecule has 2 aromatic rings. The Morgan fingerprint density at radius 3 is 3.07 bits per heavy atom. The Hall–Kier alpha value is -1.91. The van der Waals surface area contributed by atoms with E-state index < -0.39 is 0 Å². The Balaban J connectivity index is 2.50. The lowest BCUT2D eigenvalue weighted by Crippen LogP contribution is -2.09. The number of H-pyrrole nitrogens is 1. The second-order valence-corrected chi connectivity index (χ2v) is 2.85. The molecule has 0 spiro atoms. The monoisotopic (exact) mass is 190 g/mol. The summed E-state index contributed by atoms with van der Waals surface area (Å²) < 4.78 is 1.75. The molecule has 0 fully saturated rings. The standard InChI is InChI=1S/C9H10N4O/c1-2-13-6-7(5-12-13)8-9(14)11-4-3-10-8/h3-6H,2H2,1H3,(H,11,14). The third-order valence-corrected chi connectivity index (χ3v) is 1.94. The maximum atomic E-state index is 11.4. The lowest BCUT2D eigenvalue weighted by atomic mass is 10.3. The highest BCUT2D eigenvalue weighted by Gasteiger charge is 2.05. The number of nitrogens with one attached hydrogen (secondary N) is 1. The van der Waals surface area contributed by atoms with Crippen LogP contribution in [0.5, 0.6) is 0 Å². The lowest BCUT2D eigenvalue weighted by Gasteiger charge is -1.93. The molecule has 14 heavy (non-hydrogen) atoms. The molecular weight excluding hydrogens is 180 g/mol. The number of hydrogen-bond donors (Lipinski definition) is 1. The van der Waals surface area contributed by atoms with Crippen LogP contribution in [-0.2, 0) is 6.54 Å². The fraction of sp³-hybridized carbons (Fsp3) is 0.222. The zero-order valence-electron chi connectivity index (χ0n) is 7.77. The van der Waals surface area contributed by atoms with Gasteiger partial charge in [-0.25, -0.2) is 4.98 Å². The quantitative estimate of drug-likeness (QED) is 0.756. The minimum atomic E-state index is -0.192. The maximum Gasteiger partial charge on any atom is 0.274 e. The van der Waals surface area contributed by atoms with Crippen LogP contribution >= 0.6 is 0 Å². The summed E-state index contributed by atoms with van der Waals surface area (Å²) in [5.74, 6) is 0. The number of aromatic nitrogens is 4. The number of aryl methyl sites for hydroxylation is 1. The molecule has 0 atom stereocenters. The van der Waals surface area contributed by atoms with Crippen molar-refractivity contribution in [3.8, 4) is 11.3 Å². The fourth-order valence-corrected chi connectivity index (χ4v) is 1.22. The van der Waals surface area contributed by atoms with Crippen molar-refractivity contribution < 1.29 is 0 Å². The maximum absolute atomic E-state index is 11.4. The Morgan fingerprint density at radius 1 is 1.57 bits per heavy atom. The van der Waals surface area contributed by atoms with Gasteiger partial charge in [0.1, 0.15) is 5.69 Å². The van der Waals surface area contributed by atoms with Crippen molar-refractivity contribution in [2.75, 3.05) is 0 Å². The van der Waals surface area contributed by atoms with E-state index >= 15 is 0 Å². The molecule has 0 aliphatic rings. The zero-order valence-corrected chi connectivity index (χ0v) is 7.77. The van der Waals surface area contributed by atoms with Crippen LogP contribution in [0.1, 0.15) is 6.92 Å². The van der Waals surface area contributed by atoms with Crippen LogP contribution in [0.15, 0.2) is 29.6 Å². The Kier molecular flexibility index (Phi) is 2.14. The summed E-state index contributed by atoms with van der Waals surface area (Å²) in [6, 6.07) is 0. The van der Waals surface area contributed by atoms with Crippen LogP contribution < -0.4 is 5.56 Å². The average Bonchev–Trinajstić information content (AvgIpc) is 2.67. The second kappa shape index (κ2) is 3.45. The SMILES string of the molecule is CCn1cc(-c2ncc[nH]c2=O)cn1. The van der Waals surface area contributed by atoms with Crippen LogP contribution in [-0.4, -0.2) is 19.7 Å². The number of hydrogen-bond acceptors (Lipinski definition) is 3. The van der Waals surface area contributed by atoms with Crippen molar-refractivity contribution in [1.82, 2.24) is 19.7 Å². The Morgan fingerprint density at radius 2 is 2.43 bits per heavy atom. The van der Waals surface area contributed by atoms with Gasteiger partial charge in [-0.3, -0.25) is 9.48 Å². The van der Waals surface area contributed by atoms with Crippen molar-refractivity contribution >= 4 is 0 Å². The van der Waals surface area contributed by atoms with Gasteiger partial charge in [-0.1, -0.05) is 0 Å². The summed E-state index contributed by atoms with van der Waals surface area (Å²) in [4.78, 5) is 17.9. The summed E-state index contributed by atoms with van der Waals surface area (Å²) >= 11 is 0. The predicted octanol–water partition coefficient (Wildman–Crippen LogP) is 0.653. The predicted molar refractivity (Wildman–Crippen MR) is 51.8 cm³/mol. The van der Waals surface area contributed by atoms with E-state index in [1.807, 2.05) is 6.92 Å². The Bertz CT molecular complexity index is 485. The summed E-state index contributed by atoms with van der Waals surface area (Å²) in [5.41, 5.74) is 0.962. The van der Waals surface area contributed by atoms with E-state index in [1.165, 1.54) is 6.20 Å². The zero-order chi connectivity index (χ0) is 9.97. The second-order valence-electron chi connectivity index (χ2n) is 2.85. The largest absolute Gasteiger partial charge is 0.326 e. The van der Waals surface area contributed by atoms with Gasteiger partial charge in [0.15, 0.2) is 0 Å². The van der Waals surface area contributed by atoms with Gasteiger partial charge >= 0.3 is 0 Å². The van der Waals surface area contributed by atoms with E-state index in [9.17, 15) is 4.79 Å². The van der Waals surface area contributed by atoms with Gasteiger partial charge in [0, 0.05) is 30.7 Å². The molecule has 0 aliphatic carbocycles. The molecule has 2 rings (SSSR count). The minimum Gasteiger partial charge on any atom is -0.326 e. The molecule has 0 radical (unpaired) electrons. The van der Waals surface area contributed by atoms with Gasteiger partial charge in [-0.05, 0) is 6.92 Å². The van der Waals surface area contributed by atoms with E-state index in [2.05, 4.69) is 15.1 Å². The Labute approximate surface area is 80.4 Å². The van der Waals surface area contributed by atoms with Gasteiger partial charge in [0.2, 0.25) is 0 Å². The molecule has 0 aliphatic heterocycles. The van der Waals surface area contributed by atoms with Crippen LogP contribution in [0.4, 0.5) is 0 Å². The van der Waals surface area contributed by atoms with Crippen LogP contribution in [0.2, 0.25) is 0 Å². The highest BCUT2D eigenvalue weighted by Crippen LogP contribution is 2.09. The summed E-state index contributed by atoms with van der Waals surface area (Å²) in [5, 5.41) is 4.08. The van der Waals surface area contributed by atoms with E-state index in [1.54, 1.807) is 23.3 Å². The van der Waals surface area contributed by atoms with Crippen LogP contribution in [0, 0.1) is 0 Å². The fourth-order valence-electron chi connectivity index (χ4n) is 1.22. The summed E-state index contributed by atoms with van der Waals surface area (Å²) in [6.07, 6.45) is 6.51.